The van der Waals surface area contributed by atoms with Crippen LogP contribution in [0.1, 0.15) is 38.5 Å². The van der Waals surface area contributed by atoms with Crippen molar-refractivity contribution >= 4 is 6.09 Å². The molecule has 0 heterocycles. The fourth-order valence-electron chi connectivity index (χ4n) is 1.97. The van der Waals surface area contributed by atoms with Gasteiger partial charge in [0.2, 0.25) is 0 Å². The first-order chi connectivity index (χ1) is 7.09. The van der Waals surface area contributed by atoms with Crippen molar-refractivity contribution in [3.05, 3.63) is 0 Å². The molecule has 0 unspecified atom stereocenters. The van der Waals surface area contributed by atoms with Crippen LogP contribution in [0.2, 0.25) is 0 Å². The second kappa shape index (κ2) is 5.06. The molecule has 0 aromatic rings. The monoisotopic (exact) mass is 209 g/mol. The van der Waals surface area contributed by atoms with Crippen LogP contribution in [0.3, 0.4) is 0 Å². The molecule has 0 aromatic heterocycles. The lowest BCUT2D eigenvalue weighted by molar-refractivity contribution is -0.0249. The van der Waals surface area contributed by atoms with E-state index in [1.165, 1.54) is 11.3 Å². The van der Waals surface area contributed by atoms with Crippen molar-refractivity contribution in [3.63, 3.8) is 0 Å². The van der Waals surface area contributed by atoms with Crippen LogP contribution in [-0.2, 0) is 4.74 Å². The van der Waals surface area contributed by atoms with E-state index in [1.54, 1.807) is 14.1 Å². The Hall–Kier alpha value is -1.17. The fourth-order valence-corrected chi connectivity index (χ4v) is 1.97. The lowest BCUT2D eigenvalue weighted by atomic mass is 9.82. The van der Waals surface area contributed by atoms with Crippen LogP contribution in [0.5, 0.6) is 0 Å². The third-order valence-electron chi connectivity index (χ3n) is 2.86. The van der Waals surface area contributed by atoms with Gasteiger partial charge in [-0.05, 0) is 25.7 Å². The third-order valence-corrected chi connectivity index (χ3v) is 2.86. The van der Waals surface area contributed by atoms with Gasteiger partial charge in [0.15, 0.2) is 0 Å². The van der Waals surface area contributed by atoms with Crippen molar-refractivity contribution in [3.8, 4) is 12.3 Å². The van der Waals surface area contributed by atoms with E-state index in [0.29, 0.717) is 6.42 Å². The van der Waals surface area contributed by atoms with Crippen LogP contribution in [0, 0.1) is 12.3 Å². The predicted molar refractivity (Wildman–Crippen MR) is 59.4 cm³/mol. The van der Waals surface area contributed by atoms with E-state index < -0.39 is 5.60 Å². The number of amides is 1. The molecule has 1 rings (SSSR count). The zero-order valence-corrected chi connectivity index (χ0v) is 9.58. The highest BCUT2D eigenvalue weighted by Gasteiger charge is 2.35. The molecule has 0 spiro atoms. The first-order valence-electron chi connectivity index (χ1n) is 5.43. The first-order valence-corrected chi connectivity index (χ1v) is 5.43. The van der Waals surface area contributed by atoms with E-state index >= 15 is 0 Å². The molecule has 1 aliphatic rings. The molecule has 3 nitrogen and oxygen atoms in total. The second-order valence-electron chi connectivity index (χ2n) is 4.39. The Morgan fingerprint density at radius 1 is 1.40 bits per heavy atom. The highest BCUT2D eigenvalue weighted by Crippen LogP contribution is 2.34. The largest absolute Gasteiger partial charge is 0.442 e. The topological polar surface area (TPSA) is 29.5 Å². The molecule has 0 N–H and O–H groups in total. The molecule has 1 fully saturated rings. The second-order valence-corrected chi connectivity index (χ2v) is 4.39. The van der Waals surface area contributed by atoms with Crippen LogP contribution in [-0.4, -0.2) is 30.7 Å². The van der Waals surface area contributed by atoms with E-state index in [0.717, 1.165) is 25.7 Å². The number of carbonyl (C=O) groups is 1. The number of terminal acetylenes is 1. The zero-order valence-electron chi connectivity index (χ0n) is 9.58. The van der Waals surface area contributed by atoms with Gasteiger partial charge in [-0.3, -0.25) is 0 Å². The Kier molecular flexibility index (Phi) is 4.02. The summed E-state index contributed by atoms with van der Waals surface area (Å²) in [4.78, 5) is 13.0. The lowest BCUT2D eigenvalue weighted by Gasteiger charge is -2.36. The summed E-state index contributed by atoms with van der Waals surface area (Å²) < 4.78 is 5.53. The molecule has 15 heavy (non-hydrogen) atoms. The summed E-state index contributed by atoms with van der Waals surface area (Å²) >= 11 is 0. The van der Waals surface area contributed by atoms with Gasteiger partial charge in [0.1, 0.15) is 5.60 Å². The normalized spacial score (nSPS) is 19.0. The third kappa shape index (κ3) is 3.16. The predicted octanol–water partition coefficient (Wildman–Crippen LogP) is 2.41. The smallest absolute Gasteiger partial charge is 0.409 e. The highest BCUT2D eigenvalue weighted by molar-refractivity contribution is 5.67. The molecule has 0 aliphatic heterocycles. The van der Waals surface area contributed by atoms with Gasteiger partial charge < -0.3 is 9.64 Å². The Balaban J connectivity index is 2.64. The SMILES string of the molecule is C#CCC1(OC(=O)N(C)C)CCCCC1. The quantitative estimate of drug-likeness (QED) is 0.654. The number of ether oxygens (including phenoxy) is 1. The number of hydrogen-bond donors (Lipinski definition) is 0. The van der Waals surface area contributed by atoms with Crippen molar-refractivity contribution in [2.24, 2.45) is 0 Å². The first kappa shape index (κ1) is 11.9. The van der Waals surface area contributed by atoms with Gasteiger partial charge in [-0.1, -0.05) is 6.42 Å². The van der Waals surface area contributed by atoms with Crippen LogP contribution in [0.15, 0.2) is 0 Å². The Bertz CT molecular complexity index is 259. The summed E-state index contributed by atoms with van der Waals surface area (Å²) in [6.07, 6.45) is 10.8. The van der Waals surface area contributed by atoms with E-state index in [-0.39, 0.29) is 6.09 Å². The molecule has 0 radical (unpaired) electrons. The highest BCUT2D eigenvalue weighted by atomic mass is 16.6. The summed E-state index contributed by atoms with van der Waals surface area (Å²) in [5, 5.41) is 0. The number of carbonyl (C=O) groups excluding carboxylic acids is 1. The molecule has 0 atom stereocenters. The molecule has 84 valence electrons. The maximum Gasteiger partial charge on any atom is 0.409 e. The van der Waals surface area contributed by atoms with Gasteiger partial charge in [0.25, 0.3) is 0 Å². The van der Waals surface area contributed by atoms with E-state index in [1.807, 2.05) is 0 Å². The molecular weight excluding hydrogens is 190 g/mol. The minimum absolute atomic E-state index is 0.285. The summed E-state index contributed by atoms with van der Waals surface area (Å²) in [6, 6.07) is 0. The van der Waals surface area contributed by atoms with Crippen LogP contribution < -0.4 is 0 Å². The Morgan fingerprint density at radius 2 is 2.00 bits per heavy atom. The summed E-state index contributed by atoms with van der Waals surface area (Å²) in [5.41, 5.74) is -0.394. The lowest BCUT2D eigenvalue weighted by Crippen LogP contribution is -2.40. The van der Waals surface area contributed by atoms with Crippen molar-refractivity contribution in [2.75, 3.05) is 14.1 Å². The number of rotatable bonds is 2. The van der Waals surface area contributed by atoms with Crippen LogP contribution in [0.4, 0.5) is 4.79 Å². The molecule has 0 aromatic carbocycles. The van der Waals surface area contributed by atoms with Crippen LogP contribution in [0.25, 0.3) is 0 Å². The fraction of sp³-hybridized carbons (Fsp3) is 0.750. The number of nitrogens with zero attached hydrogens (tertiary/aromatic N) is 1. The maximum absolute atomic E-state index is 11.5. The average molecular weight is 209 g/mol. The van der Waals surface area contributed by atoms with Crippen molar-refractivity contribution in [1.29, 1.82) is 0 Å². The zero-order chi connectivity index (χ0) is 11.3. The summed E-state index contributed by atoms with van der Waals surface area (Å²) in [7, 11) is 3.38. The average Bonchev–Trinajstić information content (AvgIpc) is 2.19. The van der Waals surface area contributed by atoms with Gasteiger partial charge in [-0.15, -0.1) is 12.3 Å². The van der Waals surface area contributed by atoms with Crippen LogP contribution >= 0.6 is 0 Å². The summed E-state index contributed by atoms with van der Waals surface area (Å²) in [5.74, 6) is 2.63. The van der Waals surface area contributed by atoms with Gasteiger partial charge in [-0.2, -0.15) is 0 Å². The molecule has 0 saturated heterocycles. The molecular formula is C12H19NO2. The molecule has 1 amide bonds. The molecule has 1 saturated carbocycles. The standard InChI is InChI=1S/C12H19NO2/c1-4-8-12(9-6-5-7-10-12)15-11(14)13(2)3/h1H,5-10H2,2-3H3. The van der Waals surface area contributed by atoms with E-state index in [9.17, 15) is 4.79 Å². The maximum atomic E-state index is 11.5. The van der Waals surface area contributed by atoms with E-state index in [2.05, 4.69) is 5.92 Å². The molecule has 0 bridgehead atoms. The Morgan fingerprint density at radius 3 is 2.47 bits per heavy atom. The van der Waals surface area contributed by atoms with Gasteiger partial charge >= 0.3 is 6.09 Å². The minimum atomic E-state index is -0.394. The van der Waals surface area contributed by atoms with Gasteiger partial charge in [0, 0.05) is 20.5 Å². The van der Waals surface area contributed by atoms with Crippen molar-refractivity contribution in [1.82, 2.24) is 4.90 Å². The minimum Gasteiger partial charge on any atom is -0.442 e. The van der Waals surface area contributed by atoms with Crippen molar-refractivity contribution < 1.29 is 9.53 Å². The van der Waals surface area contributed by atoms with Gasteiger partial charge in [-0.25, -0.2) is 4.79 Å². The molecule has 1 aliphatic carbocycles. The molecule has 3 heteroatoms. The van der Waals surface area contributed by atoms with E-state index in [4.69, 9.17) is 11.2 Å². The summed E-state index contributed by atoms with van der Waals surface area (Å²) in [6.45, 7) is 0. The number of hydrogen-bond acceptors (Lipinski definition) is 2. The van der Waals surface area contributed by atoms with Gasteiger partial charge in [0.05, 0.1) is 0 Å². The Labute approximate surface area is 91.8 Å². The van der Waals surface area contributed by atoms with Crippen molar-refractivity contribution in [2.45, 2.75) is 44.1 Å².